The average molecular weight is 179 g/mol. The highest BCUT2D eigenvalue weighted by Gasteiger charge is 2.00. The first-order chi connectivity index (χ1) is 6.09. The van der Waals surface area contributed by atoms with Crippen LogP contribution in [0, 0.1) is 0 Å². The predicted molar refractivity (Wildman–Crippen MR) is 47.9 cm³/mol. The smallest absolute Gasteiger partial charge is 0.351 e. The molecule has 0 saturated heterocycles. The second-order valence-corrected chi connectivity index (χ2v) is 2.50. The van der Waals surface area contributed by atoms with E-state index in [4.69, 9.17) is 15.9 Å². The lowest BCUT2D eigenvalue weighted by atomic mass is 10.2. The third-order valence-electron chi connectivity index (χ3n) is 1.46. The van der Waals surface area contributed by atoms with Crippen molar-refractivity contribution in [2.45, 2.75) is 0 Å². The van der Waals surface area contributed by atoms with Crippen molar-refractivity contribution in [2.24, 2.45) is 5.73 Å². The summed E-state index contributed by atoms with van der Waals surface area (Å²) in [5.41, 5.74) is 5.59. The molecule has 1 rings (SSSR count). The van der Waals surface area contributed by atoms with Crippen LogP contribution >= 0.6 is 0 Å². The third kappa shape index (κ3) is 2.52. The fourth-order valence-corrected chi connectivity index (χ4v) is 0.812. The van der Waals surface area contributed by atoms with E-state index in [2.05, 4.69) is 0 Å². The van der Waals surface area contributed by atoms with Gasteiger partial charge >= 0.3 is 5.97 Å². The maximum absolute atomic E-state index is 10.3. The first kappa shape index (κ1) is 9.12. The van der Waals surface area contributed by atoms with Gasteiger partial charge in [-0.25, -0.2) is 4.79 Å². The molecule has 0 aliphatic heterocycles. The van der Waals surface area contributed by atoms with E-state index >= 15 is 0 Å². The van der Waals surface area contributed by atoms with Gasteiger partial charge in [-0.1, -0.05) is 12.1 Å². The summed E-state index contributed by atoms with van der Waals surface area (Å²) >= 11 is 0. The third-order valence-corrected chi connectivity index (χ3v) is 1.46. The van der Waals surface area contributed by atoms with E-state index in [-0.39, 0.29) is 11.4 Å². The van der Waals surface area contributed by atoms with Crippen LogP contribution in [0.25, 0.3) is 6.08 Å². The fourth-order valence-electron chi connectivity index (χ4n) is 0.812. The minimum atomic E-state index is -1.16. The Labute approximate surface area is 74.9 Å². The highest BCUT2D eigenvalue weighted by atomic mass is 16.4. The molecular formula is C9H9NO3. The van der Waals surface area contributed by atoms with Gasteiger partial charge in [0, 0.05) is 0 Å². The van der Waals surface area contributed by atoms with Gasteiger partial charge in [0.1, 0.15) is 11.4 Å². The van der Waals surface area contributed by atoms with Crippen LogP contribution < -0.4 is 5.73 Å². The van der Waals surface area contributed by atoms with Gasteiger partial charge in [-0.3, -0.25) is 0 Å². The van der Waals surface area contributed by atoms with E-state index in [0.29, 0.717) is 5.56 Å². The molecule has 0 amide bonds. The highest BCUT2D eigenvalue weighted by Crippen LogP contribution is 2.11. The van der Waals surface area contributed by atoms with Gasteiger partial charge in [-0.05, 0) is 23.8 Å². The molecule has 13 heavy (non-hydrogen) atoms. The number of aliphatic carboxylic acids is 1. The number of carboxylic acids is 1. The number of nitrogens with two attached hydrogens (primary N) is 1. The summed E-state index contributed by atoms with van der Waals surface area (Å²) in [6, 6.07) is 6.07. The number of phenolic OH excluding ortho intramolecular Hbond substituents is 1. The summed E-state index contributed by atoms with van der Waals surface area (Å²) in [6.07, 6.45) is 1.32. The zero-order valence-corrected chi connectivity index (χ0v) is 6.77. The predicted octanol–water partition coefficient (Wildman–Crippen LogP) is 0.776. The topological polar surface area (TPSA) is 83.5 Å². The zero-order chi connectivity index (χ0) is 9.84. The van der Waals surface area contributed by atoms with Crippen molar-refractivity contribution in [3.05, 3.63) is 35.5 Å². The van der Waals surface area contributed by atoms with Crippen molar-refractivity contribution in [1.82, 2.24) is 0 Å². The summed E-state index contributed by atoms with van der Waals surface area (Å²) in [4.78, 5) is 10.3. The summed E-state index contributed by atoms with van der Waals surface area (Å²) in [5.74, 6) is -1.03. The SMILES string of the molecule is NC(=Cc1ccc(O)cc1)C(=O)O. The Morgan fingerprint density at radius 2 is 1.85 bits per heavy atom. The summed E-state index contributed by atoms with van der Waals surface area (Å²) < 4.78 is 0. The molecule has 0 bridgehead atoms. The summed E-state index contributed by atoms with van der Waals surface area (Å²) in [5, 5.41) is 17.4. The van der Waals surface area contributed by atoms with E-state index < -0.39 is 5.97 Å². The van der Waals surface area contributed by atoms with Crippen LogP contribution in [0.3, 0.4) is 0 Å². The minimum absolute atomic E-state index is 0.131. The molecule has 68 valence electrons. The molecule has 0 saturated carbocycles. The maximum Gasteiger partial charge on any atom is 0.351 e. The van der Waals surface area contributed by atoms with Crippen LogP contribution in [-0.4, -0.2) is 16.2 Å². The van der Waals surface area contributed by atoms with Crippen molar-refractivity contribution in [2.75, 3.05) is 0 Å². The Morgan fingerprint density at radius 3 is 2.31 bits per heavy atom. The number of carboxylic acid groups (broad SMARTS) is 1. The van der Waals surface area contributed by atoms with Gasteiger partial charge in [0.25, 0.3) is 0 Å². The number of hydrogen-bond acceptors (Lipinski definition) is 3. The number of phenols is 1. The minimum Gasteiger partial charge on any atom is -0.508 e. The van der Waals surface area contributed by atoms with Crippen LogP contribution in [0.1, 0.15) is 5.56 Å². The number of aromatic hydroxyl groups is 1. The Balaban J connectivity index is 2.92. The van der Waals surface area contributed by atoms with E-state index in [1.807, 2.05) is 0 Å². The molecule has 0 aliphatic rings. The van der Waals surface area contributed by atoms with Crippen LogP contribution in [0.15, 0.2) is 30.0 Å². The Bertz CT molecular complexity index is 340. The molecule has 0 spiro atoms. The summed E-state index contributed by atoms with van der Waals surface area (Å²) in [7, 11) is 0. The molecule has 4 N–H and O–H groups in total. The van der Waals surface area contributed by atoms with Crippen molar-refractivity contribution < 1.29 is 15.0 Å². The molecule has 1 aromatic carbocycles. The molecule has 4 nitrogen and oxygen atoms in total. The van der Waals surface area contributed by atoms with Gasteiger partial charge in [0.05, 0.1) is 0 Å². The molecule has 0 heterocycles. The van der Waals surface area contributed by atoms with Crippen molar-refractivity contribution in [1.29, 1.82) is 0 Å². The lowest BCUT2D eigenvalue weighted by Crippen LogP contribution is -2.09. The average Bonchev–Trinajstić information content (AvgIpc) is 2.08. The quantitative estimate of drug-likeness (QED) is 0.585. The van der Waals surface area contributed by atoms with Gasteiger partial charge in [-0.2, -0.15) is 0 Å². The van der Waals surface area contributed by atoms with Gasteiger partial charge in [0.15, 0.2) is 0 Å². The molecule has 4 heteroatoms. The number of rotatable bonds is 2. The van der Waals surface area contributed by atoms with Gasteiger partial charge in [-0.15, -0.1) is 0 Å². The number of carbonyl (C=O) groups is 1. The maximum atomic E-state index is 10.3. The first-order valence-corrected chi connectivity index (χ1v) is 3.59. The number of hydrogen-bond donors (Lipinski definition) is 3. The number of benzene rings is 1. The molecule has 0 aliphatic carbocycles. The van der Waals surface area contributed by atoms with Crippen molar-refractivity contribution >= 4 is 12.0 Å². The second kappa shape index (κ2) is 3.62. The molecular weight excluding hydrogens is 170 g/mol. The van der Waals surface area contributed by atoms with Crippen molar-refractivity contribution in [3.8, 4) is 5.75 Å². The zero-order valence-electron chi connectivity index (χ0n) is 6.77. The standard InChI is InChI=1S/C9H9NO3/c10-8(9(12)13)5-6-1-3-7(11)4-2-6/h1-5,11H,10H2,(H,12,13). The Hall–Kier alpha value is -1.97. The molecule has 0 fully saturated rings. The van der Waals surface area contributed by atoms with E-state index in [1.54, 1.807) is 12.1 Å². The Morgan fingerprint density at radius 1 is 1.31 bits per heavy atom. The van der Waals surface area contributed by atoms with Crippen LogP contribution in [0.2, 0.25) is 0 Å². The summed E-state index contributed by atoms with van der Waals surface area (Å²) in [6.45, 7) is 0. The lowest BCUT2D eigenvalue weighted by molar-refractivity contribution is -0.132. The molecule has 1 aromatic rings. The first-order valence-electron chi connectivity index (χ1n) is 3.59. The van der Waals surface area contributed by atoms with Crippen molar-refractivity contribution in [3.63, 3.8) is 0 Å². The van der Waals surface area contributed by atoms with Crippen LogP contribution in [0.4, 0.5) is 0 Å². The molecule has 0 radical (unpaired) electrons. The molecule has 0 unspecified atom stereocenters. The lowest BCUT2D eigenvalue weighted by Gasteiger charge is -1.95. The highest BCUT2D eigenvalue weighted by molar-refractivity contribution is 5.90. The van der Waals surface area contributed by atoms with Crippen LogP contribution in [-0.2, 0) is 4.79 Å². The molecule has 0 atom stereocenters. The normalized spacial score (nSPS) is 11.2. The van der Waals surface area contributed by atoms with E-state index in [1.165, 1.54) is 18.2 Å². The monoisotopic (exact) mass is 179 g/mol. The van der Waals surface area contributed by atoms with Gasteiger partial charge < -0.3 is 15.9 Å². The second-order valence-electron chi connectivity index (χ2n) is 2.50. The Kier molecular flexibility index (Phi) is 2.54. The fraction of sp³-hybridized carbons (Fsp3) is 0. The van der Waals surface area contributed by atoms with E-state index in [0.717, 1.165) is 0 Å². The largest absolute Gasteiger partial charge is 0.508 e. The molecule has 0 aromatic heterocycles. The van der Waals surface area contributed by atoms with Crippen LogP contribution in [0.5, 0.6) is 5.75 Å². The van der Waals surface area contributed by atoms with Gasteiger partial charge in [0.2, 0.25) is 0 Å². The van der Waals surface area contributed by atoms with E-state index in [9.17, 15) is 4.79 Å².